The summed E-state index contributed by atoms with van der Waals surface area (Å²) in [5.41, 5.74) is 1.26. The number of carbonyl (C=O) groups is 3. The van der Waals surface area contributed by atoms with Crippen LogP contribution in [-0.4, -0.2) is 34.1 Å². The van der Waals surface area contributed by atoms with Gasteiger partial charge in [0, 0.05) is 17.8 Å². The Labute approximate surface area is 148 Å². The number of aryl methyl sites for hydroxylation is 1. The Morgan fingerprint density at radius 2 is 1.81 bits per heavy atom. The van der Waals surface area contributed by atoms with E-state index < -0.39 is 29.2 Å². The molecule has 1 heterocycles. The van der Waals surface area contributed by atoms with Crippen LogP contribution in [0, 0.1) is 10.1 Å². The third-order valence-corrected chi connectivity index (χ3v) is 4.14. The summed E-state index contributed by atoms with van der Waals surface area (Å²) >= 11 is 0. The number of anilines is 1. The molecule has 1 aliphatic heterocycles. The number of rotatable bonds is 5. The number of nitrogens with zero attached hydrogens (tertiary/aromatic N) is 2. The predicted octanol–water partition coefficient (Wildman–Crippen LogP) is 2.39. The van der Waals surface area contributed by atoms with Crippen molar-refractivity contribution in [3.63, 3.8) is 0 Å². The van der Waals surface area contributed by atoms with Gasteiger partial charge in [0.05, 0.1) is 16.1 Å². The van der Waals surface area contributed by atoms with Crippen molar-refractivity contribution in [3.8, 4) is 0 Å². The van der Waals surface area contributed by atoms with Crippen molar-refractivity contribution in [3.05, 3.63) is 69.3 Å². The monoisotopic (exact) mass is 353 g/mol. The number of amides is 3. The number of nitro benzene ring substituents is 1. The van der Waals surface area contributed by atoms with E-state index in [1.165, 1.54) is 6.07 Å². The first-order valence-electron chi connectivity index (χ1n) is 7.94. The molecule has 132 valence electrons. The largest absolute Gasteiger partial charge is 0.324 e. The summed E-state index contributed by atoms with van der Waals surface area (Å²) in [6.45, 7) is 1.49. The van der Waals surface area contributed by atoms with Crippen LogP contribution in [0.25, 0.3) is 0 Å². The van der Waals surface area contributed by atoms with E-state index in [1.54, 1.807) is 12.1 Å². The zero-order valence-electron chi connectivity index (χ0n) is 13.9. The topological polar surface area (TPSA) is 110 Å². The summed E-state index contributed by atoms with van der Waals surface area (Å²) in [6.07, 6.45) is 0.715. The fourth-order valence-electron chi connectivity index (χ4n) is 2.82. The average molecular weight is 353 g/mol. The van der Waals surface area contributed by atoms with Crippen LogP contribution in [0.3, 0.4) is 0 Å². The fraction of sp³-hybridized carbons (Fsp3) is 0.167. The second-order valence-corrected chi connectivity index (χ2v) is 5.74. The number of non-ortho nitro benzene ring substituents is 1. The Kier molecular flexibility index (Phi) is 4.49. The normalized spacial score (nSPS) is 12.9. The first kappa shape index (κ1) is 17.3. The zero-order chi connectivity index (χ0) is 18.8. The Balaban J connectivity index is 1.78. The Bertz CT molecular complexity index is 938. The minimum absolute atomic E-state index is 0.0577. The Hall–Kier alpha value is -3.55. The van der Waals surface area contributed by atoms with Crippen molar-refractivity contribution in [1.29, 1.82) is 0 Å². The van der Waals surface area contributed by atoms with Gasteiger partial charge in [0.25, 0.3) is 17.5 Å². The van der Waals surface area contributed by atoms with E-state index in [-0.39, 0.29) is 16.8 Å². The molecule has 0 spiro atoms. The number of fused-ring (bicyclic) bond motifs is 1. The molecule has 3 amide bonds. The predicted molar refractivity (Wildman–Crippen MR) is 92.9 cm³/mol. The van der Waals surface area contributed by atoms with Gasteiger partial charge in [-0.1, -0.05) is 25.1 Å². The number of nitrogens with one attached hydrogen (secondary N) is 1. The number of benzene rings is 2. The highest BCUT2D eigenvalue weighted by Gasteiger charge is 2.37. The van der Waals surface area contributed by atoms with Gasteiger partial charge in [-0.25, -0.2) is 0 Å². The minimum Gasteiger partial charge on any atom is -0.324 e. The molecule has 0 bridgehead atoms. The van der Waals surface area contributed by atoms with Gasteiger partial charge in [0.15, 0.2) is 0 Å². The van der Waals surface area contributed by atoms with Gasteiger partial charge in [0.2, 0.25) is 5.91 Å². The van der Waals surface area contributed by atoms with Crippen LogP contribution in [0.15, 0.2) is 42.5 Å². The number of carbonyl (C=O) groups excluding carboxylic acids is 3. The van der Waals surface area contributed by atoms with Crippen LogP contribution in [-0.2, 0) is 11.2 Å². The molecule has 0 radical (unpaired) electrons. The number of nitro groups is 1. The standard InChI is InChI=1S/C18H15N3O5/c1-2-11-5-3-4-6-15(11)19-16(22)10-20-17(23)13-8-7-12(21(25)26)9-14(13)18(20)24/h3-9H,2,10H2,1H3,(H,19,22). The Morgan fingerprint density at radius 3 is 2.50 bits per heavy atom. The van der Waals surface area contributed by atoms with E-state index in [2.05, 4.69) is 5.32 Å². The van der Waals surface area contributed by atoms with E-state index >= 15 is 0 Å². The first-order valence-corrected chi connectivity index (χ1v) is 7.94. The lowest BCUT2D eigenvalue weighted by atomic mass is 10.1. The molecule has 0 aromatic heterocycles. The second-order valence-electron chi connectivity index (χ2n) is 5.74. The highest BCUT2D eigenvalue weighted by molar-refractivity contribution is 6.23. The van der Waals surface area contributed by atoms with Crippen molar-refractivity contribution in [1.82, 2.24) is 4.90 Å². The lowest BCUT2D eigenvalue weighted by Gasteiger charge is -2.15. The molecule has 3 rings (SSSR count). The van der Waals surface area contributed by atoms with Gasteiger partial charge in [0.1, 0.15) is 6.54 Å². The molecule has 1 N–H and O–H groups in total. The number of hydrogen-bond donors (Lipinski definition) is 1. The summed E-state index contributed by atoms with van der Waals surface area (Å²) in [5.74, 6) is -1.87. The van der Waals surface area contributed by atoms with Crippen molar-refractivity contribution < 1.29 is 19.3 Å². The molecule has 0 fully saturated rings. The highest BCUT2D eigenvalue weighted by atomic mass is 16.6. The molecular formula is C18H15N3O5. The number of hydrogen-bond acceptors (Lipinski definition) is 5. The smallest absolute Gasteiger partial charge is 0.270 e. The van der Waals surface area contributed by atoms with Gasteiger partial charge in [-0.3, -0.25) is 29.4 Å². The van der Waals surface area contributed by atoms with Crippen LogP contribution < -0.4 is 5.32 Å². The zero-order valence-corrected chi connectivity index (χ0v) is 13.9. The molecule has 26 heavy (non-hydrogen) atoms. The molecule has 0 saturated carbocycles. The van der Waals surface area contributed by atoms with Crippen LogP contribution in [0.4, 0.5) is 11.4 Å². The lowest BCUT2D eigenvalue weighted by Crippen LogP contribution is -2.37. The van der Waals surface area contributed by atoms with Gasteiger partial charge in [-0.2, -0.15) is 0 Å². The highest BCUT2D eigenvalue weighted by Crippen LogP contribution is 2.26. The molecule has 8 nitrogen and oxygen atoms in total. The van der Waals surface area contributed by atoms with Crippen LogP contribution in [0.1, 0.15) is 33.2 Å². The first-order chi connectivity index (χ1) is 12.4. The molecule has 0 aliphatic carbocycles. The molecule has 2 aromatic carbocycles. The summed E-state index contributed by atoms with van der Waals surface area (Å²) in [5, 5.41) is 13.5. The van der Waals surface area contributed by atoms with Crippen molar-refractivity contribution in [2.24, 2.45) is 0 Å². The maximum atomic E-state index is 12.4. The summed E-state index contributed by atoms with van der Waals surface area (Å²) in [4.78, 5) is 48.0. The maximum absolute atomic E-state index is 12.4. The van der Waals surface area contributed by atoms with Crippen LogP contribution in [0.2, 0.25) is 0 Å². The van der Waals surface area contributed by atoms with E-state index in [4.69, 9.17) is 0 Å². The number of para-hydroxylation sites is 1. The third-order valence-electron chi connectivity index (χ3n) is 4.14. The van der Waals surface area contributed by atoms with Crippen LogP contribution in [0.5, 0.6) is 0 Å². The van der Waals surface area contributed by atoms with E-state index in [9.17, 15) is 24.5 Å². The van der Waals surface area contributed by atoms with Gasteiger partial charge in [-0.05, 0) is 24.1 Å². The van der Waals surface area contributed by atoms with Crippen molar-refractivity contribution in [2.75, 3.05) is 11.9 Å². The Morgan fingerprint density at radius 1 is 1.12 bits per heavy atom. The molecule has 2 aromatic rings. The molecule has 0 unspecified atom stereocenters. The van der Waals surface area contributed by atoms with E-state index in [0.717, 1.165) is 22.6 Å². The minimum atomic E-state index is -0.715. The molecule has 1 aliphatic rings. The molecule has 0 atom stereocenters. The fourth-order valence-corrected chi connectivity index (χ4v) is 2.82. The summed E-state index contributed by atoms with van der Waals surface area (Å²) in [6, 6.07) is 10.7. The van der Waals surface area contributed by atoms with E-state index in [1.807, 2.05) is 19.1 Å². The summed E-state index contributed by atoms with van der Waals surface area (Å²) in [7, 11) is 0. The van der Waals surface area contributed by atoms with Gasteiger partial charge >= 0.3 is 0 Å². The van der Waals surface area contributed by atoms with Crippen molar-refractivity contribution >= 4 is 29.1 Å². The SMILES string of the molecule is CCc1ccccc1NC(=O)CN1C(=O)c2ccc([N+](=O)[O-])cc2C1=O. The lowest BCUT2D eigenvalue weighted by molar-refractivity contribution is -0.384. The number of imide groups is 1. The average Bonchev–Trinajstić information content (AvgIpc) is 2.86. The second kappa shape index (κ2) is 6.75. The van der Waals surface area contributed by atoms with Gasteiger partial charge in [-0.15, -0.1) is 0 Å². The van der Waals surface area contributed by atoms with Gasteiger partial charge < -0.3 is 5.32 Å². The van der Waals surface area contributed by atoms with Crippen LogP contribution >= 0.6 is 0 Å². The summed E-state index contributed by atoms with van der Waals surface area (Å²) < 4.78 is 0. The third kappa shape index (κ3) is 3.04. The maximum Gasteiger partial charge on any atom is 0.270 e. The quantitative estimate of drug-likeness (QED) is 0.504. The molecule has 8 heteroatoms. The van der Waals surface area contributed by atoms with Crippen molar-refractivity contribution in [2.45, 2.75) is 13.3 Å². The molecule has 0 saturated heterocycles. The van der Waals surface area contributed by atoms with E-state index in [0.29, 0.717) is 12.1 Å². The molecular weight excluding hydrogens is 338 g/mol.